The fourth-order valence-electron chi connectivity index (χ4n) is 2.92. The van der Waals surface area contributed by atoms with Crippen LogP contribution in [0.5, 0.6) is 5.75 Å². The molecule has 3 rings (SSSR count). The summed E-state index contributed by atoms with van der Waals surface area (Å²) in [6, 6.07) is 7.02. The third kappa shape index (κ3) is 2.68. The van der Waals surface area contributed by atoms with Crippen molar-refractivity contribution in [2.75, 3.05) is 19.7 Å². The van der Waals surface area contributed by atoms with E-state index in [0.29, 0.717) is 6.04 Å². The van der Waals surface area contributed by atoms with Crippen LogP contribution < -0.4 is 4.74 Å². The van der Waals surface area contributed by atoms with Crippen LogP contribution in [-0.2, 0) is 7.05 Å². The van der Waals surface area contributed by atoms with Gasteiger partial charge in [-0.2, -0.15) is 0 Å². The average Bonchev–Trinajstić information content (AvgIpc) is 3.06. The predicted molar refractivity (Wildman–Crippen MR) is 83.4 cm³/mol. The molecule has 1 saturated heterocycles. The Morgan fingerprint density at radius 1 is 1.35 bits per heavy atom. The van der Waals surface area contributed by atoms with Gasteiger partial charge in [-0.15, -0.1) is 0 Å². The summed E-state index contributed by atoms with van der Waals surface area (Å²) in [6.45, 7) is 9.86. The fourth-order valence-corrected chi connectivity index (χ4v) is 2.92. The minimum Gasteiger partial charge on any atom is -0.492 e. The molecule has 2 heterocycles. The number of rotatable bonds is 5. The van der Waals surface area contributed by atoms with Gasteiger partial charge in [-0.05, 0) is 30.5 Å². The number of ether oxygens (including phenoxy) is 1. The summed E-state index contributed by atoms with van der Waals surface area (Å²) in [5.41, 5.74) is 2.56. The van der Waals surface area contributed by atoms with E-state index in [1.165, 1.54) is 29.6 Å². The SMILES string of the molecule is Cc1cn(C)c2cc(OCC3CN3CC(C)C)ccc12. The van der Waals surface area contributed by atoms with Crippen molar-refractivity contribution in [1.82, 2.24) is 9.47 Å². The van der Waals surface area contributed by atoms with Crippen molar-refractivity contribution in [1.29, 1.82) is 0 Å². The van der Waals surface area contributed by atoms with Gasteiger partial charge in [0.25, 0.3) is 0 Å². The zero-order valence-electron chi connectivity index (χ0n) is 12.9. The summed E-state index contributed by atoms with van der Waals surface area (Å²) in [4.78, 5) is 2.48. The first-order chi connectivity index (χ1) is 9.54. The van der Waals surface area contributed by atoms with Crippen LogP contribution >= 0.6 is 0 Å². The van der Waals surface area contributed by atoms with E-state index in [-0.39, 0.29) is 0 Å². The van der Waals surface area contributed by atoms with Gasteiger partial charge >= 0.3 is 0 Å². The van der Waals surface area contributed by atoms with Gasteiger partial charge < -0.3 is 9.30 Å². The second kappa shape index (κ2) is 5.13. The van der Waals surface area contributed by atoms with Gasteiger partial charge in [-0.25, -0.2) is 0 Å². The van der Waals surface area contributed by atoms with E-state index in [0.717, 1.165) is 18.3 Å². The summed E-state index contributed by atoms with van der Waals surface area (Å²) in [5, 5.41) is 1.31. The summed E-state index contributed by atoms with van der Waals surface area (Å²) in [5.74, 6) is 1.72. The van der Waals surface area contributed by atoms with Crippen molar-refractivity contribution >= 4 is 10.9 Å². The molecule has 1 fully saturated rings. The molecule has 1 aromatic heterocycles. The molecular formula is C17H24N2O. The molecule has 20 heavy (non-hydrogen) atoms. The van der Waals surface area contributed by atoms with Crippen molar-refractivity contribution in [2.24, 2.45) is 13.0 Å². The lowest BCUT2D eigenvalue weighted by molar-refractivity contribution is 0.287. The minimum absolute atomic E-state index is 0.614. The Morgan fingerprint density at radius 2 is 2.15 bits per heavy atom. The fraction of sp³-hybridized carbons (Fsp3) is 0.529. The molecule has 0 N–H and O–H groups in total. The predicted octanol–water partition coefficient (Wildman–Crippen LogP) is 3.21. The smallest absolute Gasteiger partial charge is 0.121 e. The Hall–Kier alpha value is -1.48. The standard InChI is InChI=1S/C17H24N2O/c1-12(2)8-19-10-14(19)11-20-15-5-6-16-13(3)9-18(4)17(16)7-15/h5-7,9,12,14H,8,10-11H2,1-4H3. The lowest BCUT2D eigenvalue weighted by Crippen LogP contribution is -2.14. The van der Waals surface area contributed by atoms with Gasteiger partial charge in [0, 0.05) is 37.8 Å². The van der Waals surface area contributed by atoms with Crippen molar-refractivity contribution in [3.8, 4) is 5.75 Å². The monoisotopic (exact) mass is 272 g/mol. The number of nitrogens with zero attached hydrogens (tertiary/aromatic N) is 2. The average molecular weight is 272 g/mol. The van der Waals surface area contributed by atoms with Crippen LogP contribution in [0.15, 0.2) is 24.4 Å². The Morgan fingerprint density at radius 3 is 2.90 bits per heavy atom. The molecule has 0 spiro atoms. The maximum absolute atomic E-state index is 5.96. The van der Waals surface area contributed by atoms with Crippen LogP contribution in [0.2, 0.25) is 0 Å². The van der Waals surface area contributed by atoms with Crippen molar-refractivity contribution in [3.63, 3.8) is 0 Å². The van der Waals surface area contributed by atoms with Gasteiger partial charge in [-0.1, -0.05) is 13.8 Å². The molecular weight excluding hydrogens is 248 g/mol. The normalized spacial score (nSPS) is 21.6. The maximum Gasteiger partial charge on any atom is 0.121 e. The molecule has 1 aromatic carbocycles. The van der Waals surface area contributed by atoms with E-state index in [1.54, 1.807) is 0 Å². The van der Waals surface area contributed by atoms with Crippen LogP contribution in [0.1, 0.15) is 19.4 Å². The number of benzene rings is 1. The molecule has 1 aliphatic rings. The van der Waals surface area contributed by atoms with E-state index in [9.17, 15) is 0 Å². The first-order valence-corrected chi connectivity index (χ1v) is 7.47. The topological polar surface area (TPSA) is 17.2 Å². The van der Waals surface area contributed by atoms with Crippen molar-refractivity contribution < 1.29 is 4.74 Å². The molecule has 2 unspecified atom stereocenters. The Balaban J connectivity index is 1.63. The molecule has 0 bridgehead atoms. The second-order valence-corrected chi connectivity index (χ2v) is 6.41. The molecule has 0 amide bonds. The highest BCUT2D eigenvalue weighted by molar-refractivity contribution is 5.84. The molecule has 2 atom stereocenters. The second-order valence-electron chi connectivity index (χ2n) is 6.41. The highest BCUT2D eigenvalue weighted by Crippen LogP contribution is 2.26. The first kappa shape index (κ1) is 13.5. The van der Waals surface area contributed by atoms with E-state index < -0.39 is 0 Å². The van der Waals surface area contributed by atoms with E-state index >= 15 is 0 Å². The summed E-state index contributed by atoms with van der Waals surface area (Å²) >= 11 is 0. The summed E-state index contributed by atoms with van der Waals surface area (Å²) in [7, 11) is 2.09. The quantitative estimate of drug-likeness (QED) is 0.778. The first-order valence-electron chi connectivity index (χ1n) is 7.47. The Bertz CT molecular complexity index is 615. The van der Waals surface area contributed by atoms with Gasteiger partial charge in [0.15, 0.2) is 0 Å². The number of hydrogen-bond donors (Lipinski definition) is 0. The Kier molecular flexibility index (Phi) is 3.47. The van der Waals surface area contributed by atoms with Crippen molar-refractivity contribution in [3.05, 3.63) is 30.0 Å². The molecule has 2 aromatic rings. The summed E-state index contributed by atoms with van der Waals surface area (Å²) in [6.07, 6.45) is 2.17. The minimum atomic E-state index is 0.614. The van der Waals surface area contributed by atoms with Gasteiger partial charge in [0.1, 0.15) is 12.4 Å². The van der Waals surface area contributed by atoms with Crippen LogP contribution in [0.3, 0.4) is 0 Å². The van der Waals surface area contributed by atoms with Gasteiger partial charge in [0.05, 0.1) is 11.6 Å². The number of aryl methyl sites for hydroxylation is 2. The van der Waals surface area contributed by atoms with Crippen LogP contribution in [-0.4, -0.2) is 35.2 Å². The van der Waals surface area contributed by atoms with Crippen molar-refractivity contribution in [2.45, 2.75) is 26.8 Å². The molecule has 3 heteroatoms. The number of fused-ring (bicyclic) bond motifs is 1. The van der Waals surface area contributed by atoms with Gasteiger partial charge in [0.2, 0.25) is 0 Å². The maximum atomic E-state index is 5.96. The molecule has 0 saturated carbocycles. The van der Waals surface area contributed by atoms with Crippen LogP contribution in [0, 0.1) is 12.8 Å². The third-order valence-corrected chi connectivity index (χ3v) is 4.03. The lowest BCUT2D eigenvalue weighted by atomic mass is 10.2. The number of hydrogen-bond acceptors (Lipinski definition) is 2. The zero-order valence-corrected chi connectivity index (χ0v) is 12.9. The van der Waals surface area contributed by atoms with Crippen LogP contribution in [0.4, 0.5) is 0 Å². The summed E-state index contributed by atoms with van der Waals surface area (Å²) < 4.78 is 8.13. The third-order valence-electron chi connectivity index (χ3n) is 4.03. The molecule has 0 aliphatic carbocycles. The van der Waals surface area contributed by atoms with E-state index in [2.05, 4.69) is 61.7 Å². The van der Waals surface area contributed by atoms with Gasteiger partial charge in [-0.3, -0.25) is 4.90 Å². The lowest BCUT2D eigenvalue weighted by Gasteiger charge is -2.09. The highest BCUT2D eigenvalue weighted by Gasteiger charge is 2.34. The highest BCUT2D eigenvalue weighted by atomic mass is 16.5. The van der Waals surface area contributed by atoms with E-state index in [1.807, 2.05) is 0 Å². The molecule has 3 nitrogen and oxygen atoms in total. The Labute approximate surface area is 121 Å². The largest absolute Gasteiger partial charge is 0.492 e. The molecule has 1 aliphatic heterocycles. The van der Waals surface area contributed by atoms with E-state index in [4.69, 9.17) is 4.74 Å². The molecule has 0 radical (unpaired) electrons. The zero-order chi connectivity index (χ0) is 14.3. The number of aromatic nitrogens is 1. The molecule has 108 valence electrons. The van der Waals surface area contributed by atoms with Crippen LogP contribution in [0.25, 0.3) is 10.9 Å².